The Kier molecular flexibility index (Phi) is 2.38. The maximum atomic E-state index is 6.34. The first kappa shape index (κ1) is 11.3. The van der Waals surface area contributed by atoms with E-state index in [1.165, 1.54) is 10.8 Å². The summed E-state index contributed by atoms with van der Waals surface area (Å²) in [6.45, 7) is 0. The smallest absolute Gasteiger partial charge is 0.138 e. The maximum absolute atomic E-state index is 6.34. The molecule has 0 spiro atoms. The summed E-state index contributed by atoms with van der Waals surface area (Å²) >= 11 is 9.78. The van der Waals surface area contributed by atoms with Gasteiger partial charge >= 0.3 is 0 Å². The number of halogens is 2. The van der Waals surface area contributed by atoms with Crippen molar-refractivity contribution in [2.45, 2.75) is 0 Å². The molecule has 0 radical (unpaired) electrons. The molecule has 1 nitrogen and oxygen atoms in total. The van der Waals surface area contributed by atoms with Crippen LogP contribution in [0.2, 0.25) is 5.02 Å². The largest absolute Gasteiger partial charge is 0.456 e. The van der Waals surface area contributed by atoms with Gasteiger partial charge in [0.2, 0.25) is 0 Å². The summed E-state index contributed by atoms with van der Waals surface area (Å²) in [5.74, 6) is 0. The summed E-state index contributed by atoms with van der Waals surface area (Å²) in [4.78, 5) is 0. The first-order valence-electron chi connectivity index (χ1n) is 5.92. The Morgan fingerprint density at radius 1 is 0.895 bits per heavy atom. The molecule has 4 aromatic rings. The van der Waals surface area contributed by atoms with E-state index in [0.29, 0.717) is 5.02 Å². The van der Waals surface area contributed by atoms with Crippen molar-refractivity contribution in [3.63, 3.8) is 0 Å². The van der Waals surface area contributed by atoms with Crippen molar-refractivity contribution >= 4 is 60.2 Å². The van der Waals surface area contributed by atoms with Gasteiger partial charge in [0.25, 0.3) is 0 Å². The van der Waals surface area contributed by atoms with Crippen LogP contribution < -0.4 is 0 Å². The molecule has 0 saturated heterocycles. The van der Waals surface area contributed by atoms with Crippen molar-refractivity contribution in [2.24, 2.45) is 0 Å². The quantitative estimate of drug-likeness (QED) is 0.376. The predicted octanol–water partition coefficient (Wildman–Crippen LogP) is 6.16. The molecule has 1 aromatic heterocycles. The molecular weight excluding hydrogens is 324 g/mol. The van der Waals surface area contributed by atoms with Gasteiger partial charge < -0.3 is 4.42 Å². The lowest BCUT2D eigenvalue weighted by molar-refractivity contribution is 0.669. The fraction of sp³-hybridized carbons (Fsp3) is 0. The normalized spacial score (nSPS) is 11.7. The molecule has 19 heavy (non-hydrogen) atoms. The fourth-order valence-electron chi connectivity index (χ4n) is 2.51. The molecule has 1 heterocycles. The van der Waals surface area contributed by atoms with Gasteiger partial charge in [-0.15, -0.1) is 0 Å². The Hall–Kier alpha value is -1.51. The van der Waals surface area contributed by atoms with E-state index in [2.05, 4.69) is 40.2 Å². The van der Waals surface area contributed by atoms with Crippen LogP contribution in [0.15, 0.2) is 57.4 Å². The maximum Gasteiger partial charge on any atom is 0.138 e. The van der Waals surface area contributed by atoms with Crippen LogP contribution in [-0.2, 0) is 0 Å². The predicted molar refractivity (Wildman–Crippen MR) is 83.9 cm³/mol. The molecule has 0 unspecified atom stereocenters. The number of hydrogen-bond donors (Lipinski definition) is 0. The van der Waals surface area contributed by atoms with E-state index >= 15 is 0 Å². The van der Waals surface area contributed by atoms with Crippen molar-refractivity contribution < 1.29 is 4.42 Å². The van der Waals surface area contributed by atoms with E-state index in [-0.39, 0.29) is 0 Å². The zero-order valence-electron chi connectivity index (χ0n) is 9.78. The summed E-state index contributed by atoms with van der Waals surface area (Å²) in [6.07, 6.45) is 0. The number of furan rings is 1. The van der Waals surface area contributed by atoms with E-state index in [9.17, 15) is 0 Å². The Morgan fingerprint density at radius 3 is 2.42 bits per heavy atom. The minimum absolute atomic E-state index is 0.707. The SMILES string of the molecule is Clc1cc(Br)cc2oc3cc4ccccc4cc3c12. The van der Waals surface area contributed by atoms with Gasteiger partial charge in [-0.2, -0.15) is 0 Å². The number of hydrogen-bond acceptors (Lipinski definition) is 1. The molecule has 0 atom stereocenters. The molecule has 3 aromatic carbocycles. The van der Waals surface area contributed by atoms with Crippen molar-refractivity contribution in [1.29, 1.82) is 0 Å². The van der Waals surface area contributed by atoms with Crippen LogP contribution in [0.1, 0.15) is 0 Å². The van der Waals surface area contributed by atoms with Crippen LogP contribution in [0.5, 0.6) is 0 Å². The minimum atomic E-state index is 0.707. The molecule has 0 aliphatic carbocycles. The lowest BCUT2D eigenvalue weighted by Gasteiger charge is -1.98. The highest BCUT2D eigenvalue weighted by molar-refractivity contribution is 9.10. The minimum Gasteiger partial charge on any atom is -0.456 e. The first-order valence-corrected chi connectivity index (χ1v) is 7.09. The molecule has 0 aliphatic rings. The topological polar surface area (TPSA) is 13.1 Å². The lowest BCUT2D eigenvalue weighted by atomic mass is 10.1. The van der Waals surface area contributed by atoms with Crippen molar-refractivity contribution in [3.05, 3.63) is 58.0 Å². The van der Waals surface area contributed by atoms with E-state index in [1.807, 2.05) is 24.3 Å². The third kappa shape index (κ3) is 1.67. The Labute approximate surface area is 122 Å². The summed E-state index contributed by atoms with van der Waals surface area (Å²) in [5.41, 5.74) is 1.68. The molecule has 92 valence electrons. The second-order valence-electron chi connectivity index (χ2n) is 4.56. The van der Waals surface area contributed by atoms with Crippen LogP contribution in [0.25, 0.3) is 32.7 Å². The van der Waals surface area contributed by atoms with Crippen LogP contribution >= 0.6 is 27.5 Å². The fourth-order valence-corrected chi connectivity index (χ4v) is 3.39. The molecule has 0 bridgehead atoms. The molecule has 0 N–H and O–H groups in total. The van der Waals surface area contributed by atoms with Gasteiger partial charge in [0.1, 0.15) is 11.2 Å². The van der Waals surface area contributed by atoms with Gasteiger partial charge in [-0.05, 0) is 35.0 Å². The summed E-state index contributed by atoms with van der Waals surface area (Å²) in [5, 5.41) is 5.11. The van der Waals surface area contributed by atoms with Gasteiger partial charge in [-0.3, -0.25) is 0 Å². The lowest BCUT2D eigenvalue weighted by Crippen LogP contribution is -1.73. The molecule has 0 amide bonds. The second-order valence-corrected chi connectivity index (χ2v) is 5.88. The van der Waals surface area contributed by atoms with Gasteiger partial charge in [0, 0.05) is 15.2 Å². The summed E-state index contributed by atoms with van der Waals surface area (Å²) < 4.78 is 6.83. The summed E-state index contributed by atoms with van der Waals surface area (Å²) in [7, 11) is 0. The van der Waals surface area contributed by atoms with Gasteiger partial charge in [-0.1, -0.05) is 51.8 Å². The molecular formula is C16H8BrClO. The molecule has 4 rings (SSSR count). The molecule has 0 saturated carbocycles. The van der Waals surface area contributed by atoms with E-state index < -0.39 is 0 Å². The highest BCUT2D eigenvalue weighted by atomic mass is 79.9. The zero-order valence-corrected chi connectivity index (χ0v) is 12.1. The van der Waals surface area contributed by atoms with Crippen molar-refractivity contribution in [1.82, 2.24) is 0 Å². The van der Waals surface area contributed by atoms with E-state index in [4.69, 9.17) is 16.0 Å². The average Bonchev–Trinajstić information content (AvgIpc) is 2.72. The summed E-state index contributed by atoms with van der Waals surface area (Å²) in [6, 6.07) is 16.3. The van der Waals surface area contributed by atoms with Crippen LogP contribution in [0.4, 0.5) is 0 Å². The van der Waals surface area contributed by atoms with Crippen LogP contribution in [0, 0.1) is 0 Å². The third-order valence-electron chi connectivity index (χ3n) is 3.36. The van der Waals surface area contributed by atoms with E-state index in [0.717, 1.165) is 26.4 Å². The monoisotopic (exact) mass is 330 g/mol. The number of fused-ring (bicyclic) bond motifs is 4. The van der Waals surface area contributed by atoms with Crippen molar-refractivity contribution in [3.8, 4) is 0 Å². The Balaban J connectivity index is 2.26. The molecule has 0 aliphatic heterocycles. The van der Waals surface area contributed by atoms with Gasteiger partial charge in [0.05, 0.1) is 5.02 Å². The highest BCUT2D eigenvalue weighted by Crippen LogP contribution is 2.37. The Bertz CT molecular complexity index is 940. The van der Waals surface area contributed by atoms with Crippen LogP contribution in [0.3, 0.4) is 0 Å². The van der Waals surface area contributed by atoms with E-state index in [1.54, 1.807) is 0 Å². The third-order valence-corrected chi connectivity index (χ3v) is 4.11. The molecule has 3 heteroatoms. The standard InChI is InChI=1S/C16H8BrClO/c17-11-7-13(18)16-12-5-9-3-1-2-4-10(9)6-14(12)19-15(16)8-11/h1-8H. The van der Waals surface area contributed by atoms with Crippen LogP contribution in [-0.4, -0.2) is 0 Å². The second kappa shape index (κ2) is 3.99. The zero-order chi connectivity index (χ0) is 13.0. The number of rotatable bonds is 0. The average molecular weight is 332 g/mol. The first-order chi connectivity index (χ1) is 9.22. The van der Waals surface area contributed by atoms with Crippen molar-refractivity contribution in [2.75, 3.05) is 0 Å². The Morgan fingerprint density at radius 2 is 1.63 bits per heavy atom. The van der Waals surface area contributed by atoms with Gasteiger partial charge in [0.15, 0.2) is 0 Å². The number of benzene rings is 3. The highest BCUT2D eigenvalue weighted by Gasteiger charge is 2.12. The molecule has 0 fully saturated rings. The van der Waals surface area contributed by atoms with Gasteiger partial charge in [-0.25, -0.2) is 0 Å².